The maximum Gasteiger partial charge on any atom is 0.271 e. The average Bonchev–Trinajstić information content (AvgIpc) is 2.17. The Morgan fingerprint density at radius 1 is 1.38 bits per heavy atom. The molecule has 0 unspecified atom stereocenters. The van der Waals surface area contributed by atoms with Crippen LogP contribution in [0.5, 0.6) is 0 Å². The molecule has 0 aromatic carbocycles. The number of pyridine rings is 1. The third-order valence-corrected chi connectivity index (χ3v) is 2.32. The fourth-order valence-electron chi connectivity index (χ4n) is 1.01. The summed E-state index contributed by atoms with van der Waals surface area (Å²) in [5.74, 6) is -0.303. The molecule has 1 aromatic rings. The van der Waals surface area contributed by atoms with E-state index in [-0.39, 0.29) is 22.2 Å². The van der Waals surface area contributed by atoms with Gasteiger partial charge in [-0.25, -0.2) is 4.98 Å². The maximum atomic E-state index is 11.7. The van der Waals surface area contributed by atoms with E-state index in [4.69, 9.17) is 23.2 Å². The van der Waals surface area contributed by atoms with Gasteiger partial charge in [0.1, 0.15) is 10.8 Å². The lowest BCUT2D eigenvalue weighted by atomic mass is 9.97. The van der Waals surface area contributed by atoms with Gasteiger partial charge >= 0.3 is 0 Å². The summed E-state index contributed by atoms with van der Waals surface area (Å²) in [5, 5.41) is 3.32. The fraction of sp³-hybridized carbons (Fsp3) is 0.455. The summed E-state index contributed by atoms with van der Waals surface area (Å²) < 4.78 is 0. The molecular formula is C11H14Cl2N2O. The molecule has 0 fully saturated rings. The average molecular weight is 261 g/mol. The van der Waals surface area contributed by atoms with Gasteiger partial charge in [0, 0.05) is 6.54 Å². The largest absolute Gasteiger partial charge is 0.350 e. The van der Waals surface area contributed by atoms with Crippen molar-refractivity contribution in [1.82, 2.24) is 10.3 Å². The Bertz CT molecular complexity index is 399. The molecular weight excluding hydrogens is 247 g/mol. The van der Waals surface area contributed by atoms with Crippen molar-refractivity contribution in [2.24, 2.45) is 5.41 Å². The van der Waals surface area contributed by atoms with Crippen LogP contribution in [0.15, 0.2) is 12.1 Å². The van der Waals surface area contributed by atoms with Crippen LogP contribution < -0.4 is 5.32 Å². The second kappa shape index (κ2) is 5.02. The molecule has 0 bridgehead atoms. The number of hydrogen-bond acceptors (Lipinski definition) is 2. The van der Waals surface area contributed by atoms with Gasteiger partial charge in [-0.2, -0.15) is 0 Å². The quantitative estimate of drug-likeness (QED) is 0.831. The number of halogens is 2. The summed E-state index contributed by atoms with van der Waals surface area (Å²) in [4.78, 5) is 15.6. The van der Waals surface area contributed by atoms with Crippen LogP contribution in [0.4, 0.5) is 0 Å². The van der Waals surface area contributed by atoms with E-state index in [0.717, 1.165) is 0 Å². The lowest BCUT2D eigenvalue weighted by Crippen LogP contribution is -2.32. The fourth-order valence-corrected chi connectivity index (χ4v) is 1.35. The van der Waals surface area contributed by atoms with Gasteiger partial charge in [-0.1, -0.05) is 44.0 Å². The summed E-state index contributed by atoms with van der Waals surface area (Å²) >= 11 is 11.6. The molecule has 3 nitrogen and oxygen atoms in total. The van der Waals surface area contributed by atoms with Crippen LogP contribution in [-0.4, -0.2) is 17.4 Å². The molecule has 1 aromatic heterocycles. The van der Waals surface area contributed by atoms with Crippen LogP contribution >= 0.6 is 23.2 Å². The molecule has 88 valence electrons. The third kappa shape index (κ3) is 3.99. The topological polar surface area (TPSA) is 42.0 Å². The molecule has 16 heavy (non-hydrogen) atoms. The standard InChI is InChI=1S/C11H14Cl2N2O/c1-11(2,3)6-14-10(16)9-7(12)4-5-8(13)15-9/h4-5H,6H2,1-3H3,(H,14,16). The van der Waals surface area contributed by atoms with Crippen molar-refractivity contribution in [3.8, 4) is 0 Å². The number of amides is 1. The molecule has 1 N–H and O–H groups in total. The first-order chi connectivity index (χ1) is 7.29. The van der Waals surface area contributed by atoms with Gasteiger partial charge < -0.3 is 5.32 Å². The Balaban J connectivity index is 2.77. The first-order valence-corrected chi connectivity index (χ1v) is 5.65. The van der Waals surface area contributed by atoms with Crippen molar-refractivity contribution >= 4 is 29.1 Å². The minimum Gasteiger partial charge on any atom is -0.350 e. The Morgan fingerprint density at radius 2 is 2.00 bits per heavy atom. The Hall–Kier alpha value is -0.800. The van der Waals surface area contributed by atoms with Crippen molar-refractivity contribution in [2.75, 3.05) is 6.54 Å². The molecule has 5 heteroatoms. The molecule has 0 saturated carbocycles. The zero-order valence-corrected chi connectivity index (χ0v) is 11.0. The molecule has 0 aliphatic carbocycles. The summed E-state index contributed by atoms with van der Waals surface area (Å²) in [6, 6.07) is 3.10. The number of nitrogens with one attached hydrogen (secondary N) is 1. The second-order valence-corrected chi connectivity index (χ2v) is 5.50. The Kier molecular flexibility index (Phi) is 4.16. The highest BCUT2D eigenvalue weighted by atomic mass is 35.5. The molecule has 0 aliphatic rings. The SMILES string of the molecule is CC(C)(C)CNC(=O)c1nc(Cl)ccc1Cl. The summed E-state index contributed by atoms with van der Waals surface area (Å²) in [5.41, 5.74) is 0.180. The minimum absolute atomic E-state index is 0.0146. The number of carbonyl (C=O) groups excluding carboxylic acids is 1. The number of rotatable bonds is 2. The second-order valence-electron chi connectivity index (χ2n) is 4.71. The minimum atomic E-state index is -0.303. The van der Waals surface area contributed by atoms with Crippen molar-refractivity contribution in [2.45, 2.75) is 20.8 Å². The first-order valence-electron chi connectivity index (χ1n) is 4.90. The number of aromatic nitrogens is 1. The van der Waals surface area contributed by atoms with Gasteiger partial charge in [0.25, 0.3) is 5.91 Å². The van der Waals surface area contributed by atoms with Gasteiger partial charge in [0.15, 0.2) is 0 Å². The highest BCUT2D eigenvalue weighted by Crippen LogP contribution is 2.17. The van der Waals surface area contributed by atoms with Crippen LogP contribution in [0.2, 0.25) is 10.2 Å². The number of nitrogens with zero attached hydrogens (tertiary/aromatic N) is 1. The van der Waals surface area contributed by atoms with E-state index in [9.17, 15) is 4.79 Å². The van der Waals surface area contributed by atoms with Crippen LogP contribution in [0.25, 0.3) is 0 Å². The smallest absolute Gasteiger partial charge is 0.271 e. The molecule has 1 amide bonds. The molecule has 0 radical (unpaired) electrons. The number of hydrogen-bond donors (Lipinski definition) is 1. The Morgan fingerprint density at radius 3 is 2.56 bits per heavy atom. The normalized spacial score (nSPS) is 11.3. The van der Waals surface area contributed by atoms with Gasteiger partial charge in [-0.05, 0) is 17.5 Å². The van der Waals surface area contributed by atoms with E-state index in [1.165, 1.54) is 0 Å². The predicted molar refractivity (Wildman–Crippen MR) is 66.0 cm³/mol. The van der Waals surface area contributed by atoms with Crippen LogP contribution in [0.3, 0.4) is 0 Å². The van der Waals surface area contributed by atoms with Crippen molar-refractivity contribution < 1.29 is 4.79 Å². The third-order valence-electron chi connectivity index (χ3n) is 1.81. The maximum absolute atomic E-state index is 11.7. The van der Waals surface area contributed by atoms with Crippen LogP contribution in [0, 0.1) is 5.41 Å². The van der Waals surface area contributed by atoms with Crippen molar-refractivity contribution in [3.05, 3.63) is 28.0 Å². The van der Waals surface area contributed by atoms with E-state index in [0.29, 0.717) is 11.6 Å². The van der Waals surface area contributed by atoms with Gasteiger partial charge in [-0.3, -0.25) is 4.79 Å². The lowest BCUT2D eigenvalue weighted by Gasteiger charge is -2.18. The van der Waals surface area contributed by atoms with Gasteiger partial charge in [0.2, 0.25) is 0 Å². The summed E-state index contributed by atoms with van der Waals surface area (Å²) in [7, 11) is 0. The summed E-state index contributed by atoms with van der Waals surface area (Å²) in [6.45, 7) is 6.64. The van der Waals surface area contributed by atoms with E-state index < -0.39 is 0 Å². The van der Waals surface area contributed by atoms with E-state index in [1.54, 1.807) is 12.1 Å². The number of carbonyl (C=O) groups is 1. The predicted octanol–water partition coefficient (Wildman–Crippen LogP) is 3.16. The van der Waals surface area contributed by atoms with Gasteiger partial charge in [-0.15, -0.1) is 0 Å². The van der Waals surface area contributed by atoms with E-state index >= 15 is 0 Å². The monoisotopic (exact) mass is 260 g/mol. The van der Waals surface area contributed by atoms with E-state index in [1.807, 2.05) is 20.8 Å². The molecule has 1 heterocycles. The molecule has 0 spiro atoms. The van der Waals surface area contributed by atoms with Crippen LogP contribution in [0.1, 0.15) is 31.3 Å². The van der Waals surface area contributed by atoms with Gasteiger partial charge in [0.05, 0.1) is 5.02 Å². The summed E-state index contributed by atoms with van der Waals surface area (Å²) in [6.07, 6.45) is 0. The molecule has 0 saturated heterocycles. The molecule has 1 rings (SSSR count). The molecule has 0 aliphatic heterocycles. The highest BCUT2D eigenvalue weighted by molar-refractivity contribution is 6.34. The van der Waals surface area contributed by atoms with Crippen LogP contribution in [-0.2, 0) is 0 Å². The van der Waals surface area contributed by atoms with Crippen molar-refractivity contribution in [3.63, 3.8) is 0 Å². The highest BCUT2D eigenvalue weighted by Gasteiger charge is 2.16. The zero-order valence-electron chi connectivity index (χ0n) is 9.47. The lowest BCUT2D eigenvalue weighted by molar-refractivity contribution is 0.0934. The Labute approximate surface area is 105 Å². The zero-order chi connectivity index (χ0) is 12.3. The first kappa shape index (κ1) is 13.3. The van der Waals surface area contributed by atoms with Crippen molar-refractivity contribution in [1.29, 1.82) is 0 Å². The van der Waals surface area contributed by atoms with E-state index in [2.05, 4.69) is 10.3 Å². The molecule has 0 atom stereocenters.